The van der Waals surface area contributed by atoms with E-state index >= 15 is 0 Å². The first-order chi connectivity index (χ1) is 15.8. The summed E-state index contributed by atoms with van der Waals surface area (Å²) < 4.78 is 38.3. The number of carbonyl (C=O) groups is 1. The Morgan fingerprint density at radius 3 is 2.27 bits per heavy atom. The lowest BCUT2D eigenvalue weighted by atomic mass is 10.0. The molecule has 1 unspecified atom stereocenters. The van der Waals surface area contributed by atoms with Crippen molar-refractivity contribution in [2.45, 2.75) is 12.5 Å². The SMILES string of the molecule is COc1cc(OC)cc(C(NC(=O)c2ccc(N3CCCS3(=O)=O)cc2)c2nccn2C)c1. The molecule has 2 heterocycles. The Hall–Kier alpha value is -3.53. The molecule has 1 aliphatic rings. The van der Waals surface area contributed by atoms with Gasteiger partial charge in [0, 0.05) is 37.6 Å². The number of ether oxygens (including phenoxy) is 2. The van der Waals surface area contributed by atoms with E-state index in [-0.39, 0.29) is 11.7 Å². The van der Waals surface area contributed by atoms with Crippen LogP contribution in [0.15, 0.2) is 54.9 Å². The number of imidazole rings is 1. The van der Waals surface area contributed by atoms with E-state index < -0.39 is 16.1 Å². The number of nitrogens with zero attached hydrogens (tertiary/aromatic N) is 3. The van der Waals surface area contributed by atoms with Crippen molar-refractivity contribution in [1.82, 2.24) is 14.9 Å². The van der Waals surface area contributed by atoms with Crippen molar-refractivity contribution in [2.75, 3.05) is 30.8 Å². The standard InChI is InChI=1S/C23H26N4O5S/c1-26-11-9-24-22(26)21(17-13-19(31-2)15-20(14-17)32-3)25-23(28)16-5-7-18(8-6-16)27-10-4-12-33(27,29)30/h5-9,11,13-15,21H,4,10,12H2,1-3H3,(H,25,28). The van der Waals surface area contributed by atoms with E-state index in [0.29, 0.717) is 41.5 Å². The van der Waals surface area contributed by atoms with Gasteiger partial charge in [-0.15, -0.1) is 0 Å². The summed E-state index contributed by atoms with van der Waals surface area (Å²) in [5.41, 5.74) is 1.71. The van der Waals surface area contributed by atoms with E-state index in [1.165, 1.54) is 4.31 Å². The number of sulfonamides is 1. The zero-order chi connectivity index (χ0) is 23.6. The fourth-order valence-corrected chi connectivity index (χ4v) is 5.44. The van der Waals surface area contributed by atoms with E-state index in [9.17, 15) is 13.2 Å². The molecule has 9 nitrogen and oxygen atoms in total. The quantitative estimate of drug-likeness (QED) is 0.569. The van der Waals surface area contributed by atoms with Crippen molar-refractivity contribution in [3.8, 4) is 11.5 Å². The molecule has 1 saturated heterocycles. The number of rotatable bonds is 7. The molecule has 10 heteroatoms. The predicted octanol–water partition coefficient (Wildman–Crippen LogP) is 2.50. The number of aromatic nitrogens is 2. The molecule has 0 aliphatic carbocycles. The van der Waals surface area contributed by atoms with Crippen LogP contribution in [-0.2, 0) is 17.1 Å². The molecule has 1 amide bonds. The summed E-state index contributed by atoms with van der Waals surface area (Å²) in [4.78, 5) is 17.6. The summed E-state index contributed by atoms with van der Waals surface area (Å²) in [5.74, 6) is 1.65. The molecule has 0 radical (unpaired) electrons. The topological polar surface area (TPSA) is 103 Å². The normalized spacial score (nSPS) is 15.8. The van der Waals surface area contributed by atoms with Crippen molar-refractivity contribution in [2.24, 2.45) is 7.05 Å². The van der Waals surface area contributed by atoms with Crippen molar-refractivity contribution in [3.05, 3.63) is 71.8 Å². The van der Waals surface area contributed by atoms with Crippen molar-refractivity contribution >= 4 is 21.6 Å². The fraction of sp³-hybridized carbons (Fsp3) is 0.304. The van der Waals surface area contributed by atoms with Gasteiger partial charge in [-0.3, -0.25) is 9.10 Å². The second-order valence-electron chi connectivity index (χ2n) is 7.74. The zero-order valence-corrected chi connectivity index (χ0v) is 19.5. The molecule has 174 valence electrons. The third-order valence-corrected chi connectivity index (χ3v) is 7.49. The fourth-order valence-electron chi connectivity index (χ4n) is 3.87. The Bertz CT molecular complexity index is 1230. The maximum Gasteiger partial charge on any atom is 0.252 e. The Morgan fingerprint density at radius 1 is 1.09 bits per heavy atom. The van der Waals surface area contributed by atoms with Gasteiger partial charge >= 0.3 is 0 Å². The summed E-state index contributed by atoms with van der Waals surface area (Å²) in [7, 11) is 1.70. The number of hydrogen-bond donors (Lipinski definition) is 1. The first kappa shape index (κ1) is 22.7. The van der Waals surface area contributed by atoms with Gasteiger partial charge in [-0.25, -0.2) is 13.4 Å². The van der Waals surface area contributed by atoms with E-state index in [1.807, 2.05) is 23.7 Å². The van der Waals surface area contributed by atoms with Gasteiger partial charge in [0.2, 0.25) is 10.0 Å². The van der Waals surface area contributed by atoms with Crippen LogP contribution in [0.25, 0.3) is 0 Å². The lowest BCUT2D eigenvalue weighted by Crippen LogP contribution is -2.31. The number of carbonyl (C=O) groups excluding carboxylic acids is 1. The summed E-state index contributed by atoms with van der Waals surface area (Å²) in [5, 5.41) is 3.04. The highest BCUT2D eigenvalue weighted by Crippen LogP contribution is 2.30. The van der Waals surface area contributed by atoms with E-state index in [1.54, 1.807) is 56.9 Å². The summed E-state index contributed by atoms with van der Waals surface area (Å²) in [6.07, 6.45) is 4.06. The Kier molecular flexibility index (Phi) is 6.28. The van der Waals surface area contributed by atoms with Crippen molar-refractivity contribution in [3.63, 3.8) is 0 Å². The van der Waals surface area contributed by atoms with E-state index in [0.717, 1.165) is 5.56 Å². The molecule has 4 rings (SSSR count). The van der Waals surface area contributed by atoms with Crippen molar-refractivity contribution in [1.29, 1.82) is 0 Å². The second-order valence-corrected chi connectivity index (χ2v) is 9.75. The van der Waals surface area contributed by atoms with Gasteiger partial charge < -0.3 is 19.4 Å². The van der Waals surface area contributed by atoms with Gasteiger partial charge in [-0.2, -0.15) is 0 Å². The average Bonchev–Trinajstić information content (AvgIpc) is 3.41. The highest BCUT2D eigenvalue weighted by Gasteiger charge is 2.28. The molecule has 33 heavy (non-hydrogen) atoms. The summed E-state index contributed by atoms with van der Waals surface area (Å²) in [6.45, 7) is 0.451. The minimum absolute atomic E-state index is 0.143. The molecule has 3 aromatic rings. The Labute approximate surface area is 193 Å². The number of aryl methyl sites for hydroxylation is 1. The molecule has 0 bridgehead atoms. The van der Waals surface area contributed by atoms with Gasteiger partial charge in [0.05, 0.1) is 25.7 Å². The highest BCUT2D eigenvalue weighted by molar-refractivity contribution is 7.93. The van der Waals surface area contributed by atoms with Gasteiger partial charge in [0.15, 0.2) is 0 Å². The van der Waals surface area contributed by atoms with Crippen LogP contribution in [0.2, 0.25) is 0 Å². The van der Waals surface area contributed by atoms with Crippen LogP contribution < -0.4 is 19.1 Å². The molecular weight excluding hydrogens is 444 g/mol. The number of nitrogens with one attached hydrogen (secondary N) is 1. The highest BCUT2D eigenvalue weighted by atomic mass is 32.2. The van der Waals surface area contributed by atoms with Gasteiger partial charge in [0.25, 0.3) is 5.91 Å². The van der Waals surface area contributed by atoms with E-state index in [4.69, 9.17) is 9.47 Å². The largest absolute Gasteiger partial charge is 0.497 e. The second kappa shape index (κ2) is 9.14. The number of methoxy groups -OCH3 is 2. The monoisotopic (exact) mass is 470 g/mol. The van der Waals surface area contributed by atoms with Crippen LogP contribution in [0.4, 0.5) is 5.69 Å². The van der Waals surface area contributed by atoms with Crippen LogP contribution in [0, 0.1) is 0 Å². The van der Waals surface area contributed by atoms with Crippen LogP contribution in [0.1, 0.15) is 34.2 Å². The number of amides is 1. The molecule has 1 fully saturated rings. The average molecular weight is 471 g/mol. The zero-order valence-electron chi connectivity index (χ0n) is 18.7. The molecule has 2 aromatic carbocycles. The summed E-state index contributed by atoms with van der Waals surface area (Å²) >= 11 is 0. The minimum atomic E-state index is -3.28. The molecule has 1 aromatic heterocycles. The molecular formula is C23H26N4O5S. The predicted molar refractivity (Wildman–Crippen MR) is 124 cm³/mol. The third kappa shape index (κ3) is 4.65. The van der Waals surface area contributed by atoms with Crippen LogP contribution in [-0.4, -0.2) is 50.4 Å². The molecule has 0 spiro atoms. The molecule has 0 saturated carbocycles. The maximum atomic E-state index is 13.2. The number of anilines is 1. The van der Waals surface area contributed by atoms with Crippen molar-refractivity contribution < 1.29 is 22.7 Å². The first-order valence-electron chi connectivity index (χ1n) is 10.4. The lowest BCUT2D eigenvalue weighted by Gasteiger charge is -2.21. The van der Waals surface area contributed by atoms with Crippen LogP contribution >= 0.6 is 0 Å². The smallest absolute Gasteiger partial charge is 0.252 e. The van der Waals surface area contributed by atoms with Gasteiger partial charge in [-0.1, -0.05) is 0 Å². The summed E-state index contributed by atoms with van der Waals surface area (Å²) in [6, 6.07) is 11.4. The number of hydrogen-bond acceptors (Lipinski definition) is 6. The lowest BCUT2D eigenvalue weighted by molar-refractivity contribution is 0.0941. The third-order valence-electron chi connectivity index (χ3n) is 5.62. The van der Waals surface area contributed by atoms with Crippen LogP contribution in [0.3, 0.4) is 0 Å². The van der Waals surface area contributed by atoms with E-state index in [2.05, 4.69) is 10.3 Å². The minimum Gasteiger partial charge on any atom is -0.497 e. The maximum absolute atomic E-state index is 13.2. The first-order valence-corrected chi connectivity index (χ1v) is 12.0. The van der Waals surface area contributed by atoms with Gasteiger partial charge in [-0.05, 0) is 48.4 Å². The Morgan fingerprint density at radius 2 is 1.76 bits per heavy atom. The van der Waals surface area contributed by atoms with Crippen LogP contribution in [0.5, 0.6) is 11.5 Å². The van der Waals surface area contributed by atoms with Gasteiger partial charge in [0.1, 0.15) is 23.4 Å². The number of benzene rings is 2. The molecule has 1 aliphatic heterocycles. The molecule has 1 atom stereocenters. The Balaban J connectivity index is 1.63. The molecule has 1 N–H and O–H groups in total.